The summed E-state index contributed by atoms with van der Waals surface area (Å²) in [7, 11) is 0. The van der Waals surface area contributed by atoms with Crippen LogP contribution in [0.25, 0.3) is 0 Å². The van der Waals surface area contributed by atoms with Crippen LogP contribution < -0.4 is 11.1 Å². The zero-order valence-electron chi connectivity index (χ0n) is 16.2. The molecule has 1 saturated heterocycles. The summed E-state index contributed by atoms with van der Waals surface area (Å²) in [5.74, 6) is 0.863. The number of benzene rings is 2. The highest BCUT2D eigenvalue weighted by molar-refractivity contribution is 5.93. The van der Waals surface area contributed by atoms with Crippen molar-refractivity contribution in [1.29, 1.82) is 0 Å². The van der Waals surface area contributed by atoms with E-state index in [0.717, 1.165) is 30.6 Å². The first kappa shape index (κ1) is 18.5. The average Bonchev–Trinajstić information content (AvgIpc) is 3.07. The lowest BCUT2D eigenvalue weighted by atomic mass is 9.90. The Morgan fingerprint density at radius 1 is 1.11 bits per heavy atom. The third kappa shape index (κ3) is 4.35. The lowest BCUT2D eigenvalue weighted by Gasteiger charge is -2.20. The van der Waals surface area contributed by atoms with E-state index in [2.05, 4.69) is 40.6 Å². The Morgan fingerprint density at radius 2 is 1.93 bits per heavy atom. The van der Waals surface area contributed by atoms with Gasteiger partial charge in [-0.05, 0) is 48.4 Å². The lowest BCUT2D eigenvalue weighted by Crippen LogP contribution is -2.26. The monoisotopic (exact) mass is 376 g/mol. The second kappa shape index (κ2) is 8.46. The normalized spacial score (nSPS) is 19.6. The highest BCUT2D eigenvalue weighted by Gasteiger charge is 2.29. The maximum absolute atomic E-state index is 12.3. The van der Waals surface area contributed by atoms with Crippen molar-refractivity contribution in [2.75, 3.05) is 18.4 Å². The van der Waals surface area contributed by atoms with Crippen molar-refractivity contribution >= 4 is 17.6 Å². The maximum atomic E-state index is 12.3. The first-order valence-electron chi connectivity index (χ1n) is 10.2. The van der Waals surface area contributed by atoms with Gasteiger partial charge in [0.15, 0.2) is 5.96 Å². The van der Waals surface area contributed by atoms with E-state index in [4.69, 9.17) is 5.73 Å². The van der Waals surface area contributed by atoms with E-state index in [9.17, 15) is 4.79 Å². The number of fused-ring (bicyclic) bond motifs is 1. The number of likely N-dealkylation sites (tertiary alicyclic amines) is 1. The van der Waals surface area contributed by atoms with Crippen molar-refractivity contribution < 1.29 is 4.79 Å². The molecule has 1 fully saturated rings. The molecule has 5 nitrogen and oxygen atoms in total. The molecule has 1 aliphatic heterocycles. The van der Waals surface area contributed by atoms with E-state index < -0.39 is 0 Å². The maximum Gasteiger partial charge on any atom is 0.223 e. The molecule has 4 rings (SSSR count). The Labute approximate surface area is 166 Å². The zero-order chi connectivity index (χ0) is 19.3. The van der Waals surface area contributed by atoms with Crippen molar-refractivity contribution in [2.45, 2.75) is 38.6 Å². The van der Waals surface area contributed by atoms with E-state index in [1.807, 2.05) is 23.1 Å². The lowest BCUT2D eigenvalue weighted by molar-refractivity contribution is -0.128. The number of anilines is 1. The van der Waals surface area contributed by atoms with Crippen LogP contribution in [-0.4, -0.2) is 29.9 Å². The molecule has 0 spiro atoms. The van der Waals surface area contributed by atoms with E-state index >= 15 is 0 Å². The highest BCUT2D eigenvalue weighted by Crippen LogP contribution is 2.27. The van der Waals surface area contributed by atoms with Gasteiger partial charge in [0, 0.05) is 37.7 Å². The molecule has 0 saturated carbocycles. The first-order chi connectivity index (χ1) is 13.7. The molecule has 1 amide bonds. The van der Waals surface area contributed by atoms with Crippen LogP contribution in [0.5, 0.6) is 0 Å². The van der Waals surface area contributed by atoms with Crippen molar-refractivity contribution in [3.63, 3.8) is 0 Å². The summed E-state index contributed by atoms with van der Waals surface area (Å²) in [6, 6.07) is 16.5. The summed E-state index contributed by atoms with van der Waals surface area (Å²) in [6.45, 7) is 1.99. The molecule has 2 aromatic carbocycles. The average molecular weight is 377 g/mol. The van der Waals surface area contributed by atoms with Gasteiger partial charge in [0.1, 0.15) is 0 Å². The molecule has 146 valence electrons. The first-order valence-corrected chi connectivity index (χ1v) is 10.2. The SMILES string of the molecule is NC(=NCC1CC(=O)N(Cc2ccccc2)C1)Nc1cccc2c1CCCC2. The Kier molecular flexibility index (Phi) is 5.60. The second-order valence-corrected chi connectivity index (χ2v) is 7.83. The molecule has 1 heterocycles. The van der Waals surface area contributed by atoms with Gasteiger partial charge in [-0.15, -0.1) is 0 Å². The quantitative estimate of drug-likeness (QED) is 0.621. The van der Waals surface area contributed by atoms with Crippen LogP contribution in [0.4, 0.5) is 5.69 Å². The number of carbonyl (C=O) groups is 1. The third-order valence-corrected chi connectivity index (χ3v) is 5.69. The standard InChI is InChI=1S/C23H28N4O/c24-23(26-21-12-6-10-19-9-4-5-11-20(19)21)25-14-18-13-22(28)27(16-18)15-17-7-2-1-3-8-17/h1-3,6-8,10,12,18H,4-5,9,11,13-16H2,(H3,24,25,26). The molecule has 1 aliphatic carbocycles. The fraction of sp³-hybridized carbons (Fsp3) is 0.391. The summed E-state index contributed by atoms with van der Waals surface area (Å²) in [4.78, 5) is 18.8. The van der Waals surface area contributed by atoms with Gasteiger partial charge in [0.05, 0.1) is 0 Å². The molecule has 0 radical (unpaired) electrons. The summed E-state index contributed by atoms with van der Waals surface area (Å²) >= 11 is 0. The summed E-state index contributed by atoms with van der Waals surface area (Å²) in [5.41, 5.74) is 11.2. The number of hydrogen-bond acceptors (Lipinski definition) is 2. The summed E-state index contributed by atoms with van der Waals surface area (Å²) in [5, 5.41) is 3.29. The highest BCUT2D eigenvalue weighted by atomic mass is 16.2. The van der Waals surface area contributed by atoms with Gasteiger partial charge in [-0.25, -0.2) is 0 Å². The van der Waals surface area contributed by atoms with Gasteiger partial charge >= 0.3 is 0 Å². The van der Waals surface area contributed by atoms with Crippen molar-refractivity contribution in [3.05, 3.63) is 65.2 Å². The number of carbonyl (C=O) groups excluding carboxylic acids is 1. The Bertz CT molecular complexity index is 862. The largest absolute Gasteiger partial charge is 0.370 e. The fourth-order valence-electron chi connectivity index (χ4n) is 4.24. The number of nitrogens with two attached hydrogens (primary N) is 1. The molecule has 3 N–H and O–H groups in total. The van der Waals surface area contributed by atoms with E-state index in [-0.39, 0.29) is 11.8 Å². The Morgan fingerprint density at radius 3 is 2.79 bits per heavy atom. The van der Waals surface area contributed by atoms with Crippen LogP contribution in [-0.2, 0) is 24.2 Å². The Hall–Kier alpha value is -2.82. The predicted octanol–water partition coefficient (Wildman–Crippen LogP) is 3.34. The van der Waals surface area contributed by atoms with Gasteiger partial charge in [0.25, 0.3) is 0 Å². The zero-order valence-corrected chi connectivity index (χ0v) is 16.2. The van der Waals surface area contributed by atoms with E-state index in [1.54, 1.807) is 0 Å². The molecule has 0 bridgehead atoms. The third-order valence-electron chi connectivity index (χ3n) is 5.69. The number of aryl methyl sites for hydroxylation is 1. The van der Waals surface area contributed by atoms with E-state index in [1.165, 1.54) is 24.0 Å². The summed E-state index contributed by atoms with van der Waals surface area (Å²) in [6.07, 6.45) is 5.27. The molecule has 2 aromatic rings. The van der Waals surface area contributed by atoms with Crippen LogP contribution in [0.2, 0.25) is 0 Å². The number of hydrogen-bond donors (Lipinski definition) is 2. The number of guanidine groups is 1. The topological polar surface area (TPSA) is 70.7 Å². The Balaban J connectivity index is 1.34. The van der Waals surface area contributed by atoms with Crippen molar-refractivity contribution in [3.8, 4) is 0 Å². The molecule has 5 heteroatoms. The van der Waals surface area contributed by atoms with Gasteiger partial charge in [-0.3, -0.25) is 9.79 Å². The van der Waals surface area contributed by atoms with Crippen molar-refractivity contribution in [2.24, 2.45) is 16.6 Å². The van der Waals surface area contributed by atoms with Gasteiger partial charge in [-0.2, -0.15) is 0 Å². The minimum atomic E-state index is 0.202. The minimum absolute atomic E-state index is 0.202. The second-order valence-electron chi connectivity index (χ2n) is 7.83. The minimum Gasteiger partial charge on any atom is -0.370 e. The van der Waals surface area contributed by atoms with Crippen LogP contribution in [0.3, 0.4) is 0 Å². The van der Waals surface area contributed by atoms with Crippen molar-refractivity contribution in [1.82, 2.24) is 4.90 Å². The van der Waals surface area contributed by atoms with Gasteiger partial charge in [0.2, 0.25) is 5.91 Å². The van der Waals surface area contributed by atoms with Gasteiger partial charge < -0.3 is 16.0 Å². The molecular weight excluding hydrogens is 348 g/mol. The van der Waals surface area contributed by atoms with Crippen LogP contribution in [0.1, 0.15) is 36.0 Å². The smallest absolute Gasteiger partial charge is 0.223 e. The molecule has 0 aromatic heterocycles. The van der Waals surface area contributed by atoms with Crippen LogP contribution in [0, 0.1) is 5.92 Å². The van der Waals surface area contributed by atoms with Crippen LogP contribution in [0.15, 0.2) is 53.5 Å². The number of nitrogens with zero attached hydrogens (tertiary/aromatic N) is 2. The van der Waals surface area contributed by atoms with E-state index in [0.29, 0.717) is 25.5 Å². The fourth-order valence-corrected chi connectivity index (χ4v) is 4.24. The number of aliphatic imine (C=N–C) groups is 1. The molecular formula is C23H28N4O. The molecule has 1 atom stereocenters. The number of nitrogens with one attached hydrogen (secondary N) is 1. The van der Waals surface area contributed by atoms with Crippen LogP contribution >= 0.6 is 0 Å². The predicted molar refractivity (Wildman–Crippen MR) is 113 cm³/mol. The molecule has 2 aliphatic rings. The summed E-state index contributed by atoms with van der Waals surface area (Å²) < 4.78 is 0. The van der Waals surface area contributed by atoms with Gasteiger partial charge in [-0.1, -0.05) is 42.5 Å². The molecule has 1 unspecified atom stereocenters. The number of rotatable bonds is 5. The number of amides is 1. The molecule has 28 heavy (non-hydrogen) atoms.